The van der Waals surface area contributed by atoms with Crippen LogP contribution in [0.4, 0.5) is 0 Å². The van der Waals surface area contributed by atoms with E-state index in [1.165, 1.54) is 0 Å². The first kappa shape index (κ1) is 18.4. The zero-order valence-electron chi connectivity index (χ0n) is 15.1. The van der Waals surface area contributed by atoms with Crippen LogP contribution in [0.5, 0.6) is 5.75 Å². The van der Waals surface area contributed by atoms with E-state index in [0.717, 1.165) is 44.6 Å². The molecule has 0 N–H and O–H groups in total. The predicted octanol–water partition coefficient (Wildman–Crippen LogP) is 2.29. The maximum Gasteiger partial charge on any atom is 0.153 e. The van der Waals surface area contributed by atoms with Crippen molar-refractivity contribution < 1.29 is 9.53 Å². The van der Waals surface area contributed by atoms with Gasteiger partial charge in [0.25, 0.3) is 0 Å². The Morgan fingerprint density at radius 1 is 1.25 bits per heavy atom. The quantitative estimate of drug-likeness (QED) is 0.776. The van der Waals surface area contributed by atoms with Gasteiger partial charge in [-0.15, -0.1) is 0 Å². The van der Waals surface area contributed by atoms with Gasteiger partial charge in [-0.05, 0) is 30.2 Å². The lowest BCUT2D eigenvalue weighted by atomic mass is 9.85. The van der Waals surface area contributed by atoms with Crippen molar-refractivity contribution in [2.24, 2.45) is 0 Å². The lowest BCUT2D eigenvalue weighted by Crippen LogP contribution is -2.45. The first-order valence-corrected chi connectivity index (χ1v) is 8.42. The Hall–Kier alpha value is -1.90. The molecule has 0 radical (unpaired) electrons. The molecule has 24 heavy (non-hydrogen) atoms. The number of carbonyl (C=O) groups excluding carboxylic acids is 1. The van der Waals surface area contributed by atoms with Gasteiger partial charge in [0, 0.05) is 32.7 Å². The number of hydrogen-bond acceptors (Lipinski definition) is 5. The number of aldehydes is 1. The number of rotatable bonds is 5. The maximum absolute atomic E-state index is 11.5. The highest BCUT2D eigenvalue weighted by atomic mass is 16.5. The van der Waals surface area contributed by atoms with E-state index in [1.54, 1.807) is 0 Å². The minimum absolute atomic E-state index is 0.123. The lowest BCUT2D eigenvalue weighted by Gasteiger charge is -2.32. The molecule has 0 saturated carbocycles. The molecule has 0 bridgehead atoms. The van der Waals surface area contributed by atoms with E-state index in [0.29, 0.717) is 23.5 Å². The molecule has 1 aliphatic heterocycles. The Morgan fingerprint density at radius 2 is 1.92 bits per heavy atom. The summed E-state index contributed by atoms with van der Waals surface area (Å²) in [4.78, 5) is 16.1. The van der Waals surface area contributed by atoms with Crippen LogP contribution in [0.15, 0.2) is 12.1 Å². The summed E-state index contributed by atoms with van der Waals surface area (Å²) in [6.45, 7) is 11.6. The highest BCUT2D eigenvalue weighted by Gasteiger charge is 2.20. The molecule has 0 aliphatic carbocycles. The molecule has 0 atom stereocenters. The molecule has 2 rings (SSSR count). The monoisotopic (exact) mass is 329 g/mol. The Kier molecular flexibility index (Phi) is 5.98. The van der Waals surface area contributed by atoms with E-state index in [1.807, 2.05) is 12.1 Å². The van der Waals surface area contributed by atoms with Crippen LogP contribution in [0.1, 0.15) is 42.3 Å². The van der Waals surface area contributed by atoms with Crippen LogP contribution in [-0.2, 0) is 5.41 Å². The summed E-state index contributed by atoms with van der Waals surface area (Å²) in [5, 5.41) is 9.44. The minimum atomic E-state index is -0.123. The number of ether oxygens (including phenoxy) is 1. The van der Waals surface area contributed by atoms with E-state index in [4.69, 9.17) is 4.74 Å². The molecule has 1 aromatic carbocycles. The number of nitrogens with zero attached hydrogens (tertiary/aromatic N) is 3. The zero-order chi connectivity index (χ0) is 17.7. The lowest BCUT2D eigenvalue weighted by molar-refractivity contribution is 0.111. The second kappa shape index (κ2) is 7.78. The number of nitriles is 1. The summed E-state index contributed by atoms with van der Waals surface area (Å²) < 4.78 is 5.84. The molecule has 0 spiro atoms. The third-order valence-electron chi connectivity index (χ3n) is 4.48. The number of carbonyl (C=O) groups is 1. The Balaban J connectivity index is 2.09. The van der Waals surface area contributed by atoms with Gasteiger partial charge in [0.1, 0.15) is 18.4 Å². The summed E-state index contributed by atoms with van der Waals surface area (Å²) in [6.07, 6.45) is 0.779. The normalized spacial score (nSPS) is 16.6. The SMILES string of the molecule is CN1CCN(CCOc2c(C#N)cc(C(C)(C)C)cc2C=O)CC1. The van der Waals surface area contributed by atoms with Crippen molar-refractivity contribution >= 4 is 6.29 Å². The van der Waals surface area contributed by atoms with E-state index in [2.05, 4.69) is 43.7 Å². The molecule has 130 valence electrons. The Morgan fingerprint density at radius 3 is 2.46 bits per heavy atom. The molecule has 0 aromatic heterocycles. The first-order chi connectivity index (χ1) is 11.3. The highest BCUT2D eigenvalue weighted by molar-refractivity contribution is 5.81. The van der Waals surface area contributed by atoms with Crippen molar-refractivity contribution in [3.8, 4) is 11.8 Å². The van der Waals surface area contributed by atoms with Gasteiger partial charge in [0.2, 0.25) is 0 Å². The third-order valence-corrected chi connectivity index (χ3v) is 4.48. The number of hydrogen-bond donors (Lipinski definition) is 0. The van der Waals surface area contributed by atoms with Crippen LogP contribution in [0.2, 0.25) is 0 Å². The number of benzene rings is 1. The van der Waals surface area contributed by atoms with E-state index in [9.17, 15) is 10.1 Å². The standard InChI is InChI=1S/C19H27N3O2/c1-19(2,3)17-11-15(13-20)18(16(12-17)14-23)24-10-9-22-7-5-21(4)6-8-22/h11-12,14H,5-10H2,1-4H3. The fraction of sp³-hybridized carbons (Fsp3) is 0.579. The largest absolute Gasteiger partial charge is 0.490 e. The molecule has 1 fully saturated rings. The number of likely N-dealkylation sites (N-methyl/N-ethyl adjacent to an activating group) is 1. The molecule has 1 saturated heterocycles. The summed E-state index contributed by atoms with van der Waals surface area (Å²) in [7, 11) is 2.13. The Bertz CT molecular complexity index is 621. The molecule has 1 aromatic rings. The minimum Gasteiger partial charge on any atom is -0.490 e. The molecule has 0 unspecified atom stereocenters. The molecule has 5 nitrogen and oxygen atoms in total. The fourth-order valence-electron chi connectivity index (χ4n) is 2.76. The van der Waals surface area contributed by atoms with E-state index in [-0.39, 0.29) is 5.41 Å². The molecular weight excluding hydrogens is 302 g/mol. The van der Waals surface area contributed by atoms with Crippen molar-refractivity contribution in [3.05, 3.63) is 28.8 Å². The maximum atomic E-state index is 11.5. The second-order valence-electron chi connectivity index (χ2n) is 7.42. The van der Waals surface area contributed by atoms with E-state index < -0.39 is 0 Å². The molecule has 1 aliphatic rings. The van der Waals surface area contributed by atoms with Crippen LogP contribution in [-0.4, -0.2) is 62.5 Å². The van der Waals surface area contributed by atoms with Crippen molar-refractivity contribution in [1.29, 1.82) is 5.26 Å². The molecule has 0 amide bonds. The fourth-order valence-corrected chi connectivity index (χ4v) is 2.76. The summed E-state index contributed by atoms with van der Waals surface area (Å²) >= 11 is 0. The summed E-state index contributed by atoms with van der Waals surface area (Å²) in [5.74, 6) is 0.412. The third kappa shape index (κ3) is 4.56. The van der Waals surface area contributed by atoms with Crippen LogP contribution in [0.3, 0.4) is 0 Å². The molecular formula is C19H27N3O2. The van der Waals surface area contributed by atoms with Crippen molar-refractivity contribution in [2.45, 2.75) is 26.2 Å². The van der Waals surface area contributed by atoms with Crippen LogP contribution in [0, 0.1) is 11.3 Å². The second-order valence-corrected chi connectivity index (χ2v) is 7.42. The van der Waals surface area contributed by atoms with Gasteiger partial charge in [-0.2, -0.15) is 5.26 Å². The number of piperazine rings is 1. The highest BCUT2D eigenvalue weighted by Crippen LogP contribution is 2.30. The average molecular weight is 329 g/mol. The predicted molar refractivity (Wildman–Crippen MR) is 94.7 cm³/mol. The first-order valence-electron chi connectivity index (χ1n) is 8.42. The summed E-state index contributed by atoms with van der Waals surface area (Å²) in [5.41, 5.74) is 1.73. The van der Waals surface area contributed by atoms with Gasteiger partial charge in [-0.1, -0.05) is 20.8 Å². The molecule has 1 heterocycles. The van der Waals surface area contributed by atoms with Gasteiger partial charge in [-0.25, -0.2) is 0 Å². The summed E-state index contributed by atoms with van der Waals surface area (Å²) in [6, 6.07) is 5.84. The van der Waals surface area contributed by atoms with Gasteiger partial charge in [-0.3, -0.25) is 9.69 Å². The van der Waals surface area contributed by atoms with Gasteiger partial charge in [0.05, 0.1) is 11.1 Å². The molecule has 5 heteroatoms. The van der Waals surface area contributed by atoms with Crippen molar-refractivity contribution in [1.82, 2.24) is 9.80 Å². The van der Waals surface area contributed by atoms with Gasteiger partial charge in [0.15, 0.2) is 6.29 Å². The smallest absolute Gasteiger partial charge is 0.153 e. The van der Waals surface area contributed by atoms with Crippen LogP contribution >= 0.6 is 0 Å². The van der Waals surface area contributed by atoms with Crippen LogP contribution < -0.4 is 4.74 Å². The zero-order valence-corrected chi connectivity index (χ0v) is 15.1. The van der Waals surface area contributed by atoms with Gasteiger partial charge >= 0.3 is 0 Å². The van der Waals surface area contributed by atoms with Gasteiger partial charge < -0.3 is 9.64 Å². The van der Waals surface area contributed by atoms with Crippen LogP contribution in [0.25, 0.3) is 0 Å². The topological polar surface area (TPSA) is 56.6 Å². The van der Waals surface area contributed by atoms with Crippen molar-refractivity contribution in [3.63, 3.8) is 0 Å². The average Bonchev–Trinajstić information content (AvgIpc) is 2.55. The van der Waals surface area contributed by atoms with E-state index >= 15 is 0 Å². The van der Waals surface area contributed by atoms with Crippen molar-refractivity contribution in [2.75, 3.05) is 46.4 Å². The Labute approximate surface area is 144 Å².